The van der Waals surface area contributed by atoms with Gasteiger partial charge in [0.2, 0.25) is 0 Å². The molecule has 0 radical (unpaired) electrons. The molecule has 2 aliphatic heterocycles. The summed E-state index contributed by atoms with van der Waals surface area (Å²) in [6, 6.07) is 80.9. The minimum atomic E-state index is -0.523. The highest BCUT2D eigenvalue weighted by Crippen LogP contribution is 2.53. The van der Waals surface area contributed by atoms with Crippen molar-refractivity contribution < 1.29 is 15.7 Å². The van der Waals surface area contributed by atoms with Crippen molar-refractivity contribution in [3.8, 4) is 73.1 Å². The van der Waals surface area contributed by atoms with Crippen LogP contribution in [0.5, 0.6) is 11.5 Å². The van der Waals surface area contributed by atoms with Gasteiger partial charge in [0, 0.05) is 116 Å². The van der Waals surface area contributed by atoms with Gasteiger partial charge in [-0.2, -0.15) is 0 Å². The average Bonchev–Trinajstić information content (AvgIpc) is 1.23. The fourth-order valence-corrected chi connectivity index (χ4v) is 16.3. The van der Waals surface area contributed by atoms with Crippen LogP contribution in [0.4, 0.5) is 17.1 Å². The normalized spacial score (nSPS) is 14.2. The molecule has 7 nitrogen and oxygen atoms in total. The molecule has 0 bridgehead atoms. The third-order valence-electron chi connectivity index (χ3n) is 21.7. The van der Waals surface area contributed by atoms with Crippen LogP contribution in [-0.4, -0.2) is 30.4 Å². The molecule has 0 fully saturated rings. The maximum absolute atomic E-state index is 9.89. The molecule has 0 N–H and O–H groups in total. The molecule has 0 saturated heterocycles. The van der Waals surface area contributed by atoms with Gasteiger partial charge in [-0.05, 0) is 177 Å². The van der Waals surface area contributed by atoms with Crippen LogP contribution < -0.4 is 26.0 Å². The molecule has 0 atom stereocenters. The van der Waals surface area contributed by atoms with Crippen molar-refractivity contribution in [2.45, 2.75) is 105 Å². The molecule has 514 valence electrons. The fraction of sp³-hybridized carbons (Fsp3) is 0.163. The average molecular weight is 1380 g/mol. The van der Waals surface area contributed by atoms with Crippen LogP contribution in [0.25, 0.3) is 127 Å². The molecule has 0 saturated carbocycles. The third kappa shape index (κ3) is 10.5. The summed E-state index contributed by atoms with van der Waals surface area (Å²) < 4.78 is 90.0. The number of benzene rings is 12. The van der Waals surface area contributed by atoms with Crippen molar-refractivity contribution in [2.75, 3.05) is 4.90 Å². The number of hydrogen-bond donors (Lipinski definition) is 0. The van der Waals surface area contributed by atoms with Crippen LogP contribution in [0.2, 0.25) is 0 Å². The van der Waals surface area contributed by atoms with Gasteiger partial charge in [0.15, 0.2) is 0 Å². The van der Waals surface area contributed by atoms with Gasteiger partial charge >= 0.3 is 0 Å². The Morgan fingerprint density at radius 3 is 1.25 bits per heavy atom. The van der Waals surface area contributed by atoms with Gasteiger partial charge in [-0.1, -0.05) is 241 Å². The Bertz CT molecular complexity index is 6760. The Morgan fingerprint density at radius 1 is 0.311 bits per heavy atom. The fourth-order valence-electron chi connectivity index (χ4n) is 16.3. The first-order valence-electron chi connectivity index (χ1n) is 40.7. The monoisotopic (exact) mass is 1380 g/mol. The van der Waals surface area contributed by atoms with Crippen LogP contribution in [0, 0.1) is 0 Å². The summed E-state index contributed by atoms with van der Waals surface area (Å²) in [5.74, 6) is 1.32. The lowest BCUT2D eigenvalue weighted by molar-refractivity contribution is 0.488. The summed E-state index contributed by atoms with van der Waals surface area (Å²) in [7, 11) is 0. The molecule has 0 amide bonds. The summed E-state index contributed by atoms with van der Waals surface area (Å²) in [5.41, 5.74) is 21.5. The number of nitrogens with zero attached hydrogens (tertiary/aromatic N) is 6. The zero-order chi connectivity index (χ0) is 79.4. The molecular weight excluding hydrogens is 1290 g/mol. The van der Waals surface area contributed by atoms with Gasteiger partial charge < -0.3 is 23.3 Å². The first kappa shape index (κ1) is 56.5. The van der Waals surface area contributed by atoms with Crippen molar-refractivity contribution in [2.24, 2.45) is 0 Å². The van der Waals surface area contributed by atoms with E-state index >= 15 is 0 Å². The van der Waals surface area contributed by atoms with Gasteiger partial charge in [0.25, 0.3) is 6.71 Å². The Kier molecular flexibility index (Phi) is 12.7. The third-order valence-corrected chi connectivity index (χ3v) is 21.7. The van der Waals surface area contributed by atoms with Crippen LogP contribution in [0.3, 0.4) is 0 Å². The Hall–Kier alpha value is -12.0. The highest BCUT2D eigenvalue weighted by Gasteiger charge is 2.44. The molecule has 12 aromatic carbocycles. The van der Waals surface area contributed by atoms with E-state index in [4.69, 9.17) is 17.4 Å². The number of anilines is 3. The molecule has 8 heteroatoms. The molecule has 7 heterocycles. The van der Waals surface area contributed by atoms with Crippen molar-refractivity contribution in [1.82, 2.24) is 23.7 Å². The quantitative estimate of drug-likeness (QED) is 0.142. The van der Waals surface area contributed by atoms with Crippen molar-refractivity contribution in [3.05, 3.63) is 308 Å². The first-order valence-corrected chi connectivity index (χ1v) is 36.7. The van der Waals surface area contributed by atoms with E-state index in [0.717, 1.165) is 150 Å². The number of aromatic nitrogens is 5. The molecule has 19 rings (SSSR count). The maximum atomic E-state index is 9.89. The van der Waals surface area contributed by atoms with Crippen LogP contribution >= 0.6 is 0 Å². The van der Waals surface area contributed by atoms with E-state index in [1.165, 1.54) is 0 Å². The highest BCUT2D eigenvalue weighted by atomic mass is 16.5. The van der Waals surface area contributed by atoms with Crippen molar-refractivity contribution in [1.29, 1.82) is 0 Å². The van der Waals surface area contributed by atoms with Crippen molar-refractivity contribution >= 4 is 106 Å². The SMILES string of the molecule is [2H]c1c([2H])c([2H])c2c(c1[2H])c1c([2H])c([2H])c([2H])c([2H])c1n2-c1ccc2c(c1)N(c1c(-c3cc(C(C)(C)C)nc(C(C)(C)C)c3)cccc1-c1cc(C(C)(C)C)nc(C(C)(C)C)c1)c1cc(-c3ccc4c(c3)c3ccccc3n4-c3ccccc3)cc3c1B2c1ccc(-c2ccc4c(c2)c2ccccc2n4-c2ccccc2)cc1O3. The second kappa shape index (κ2) is 23.8. The Labute approximate surface area is 632 Å². The summed E-state index contributed by atoms with van der Waals surface area (Å²) in [6.07, 6.45) is 0. The lowest BCUT2D eigenvalue weighted by Gasteiger charge is -2.42. The second-order valence-corrected chi connectivity index (χ2v) is 32.9. The number of hydrogen-bond acceptors (Lipinski definition) is 4. The van der Waals surface area contributed by atoms with Gasteiger partial charge in [0.05, 0.1) is 49.8 Å². The van der Waals surface area contributed by atoms with Gasteiger partial charge in [0.1, 0.15) is 11.5 Å². The van der Waals surface area contributed by atoms with E-state index in [0.29, 0.717) is 22.9 Å². The van der Waals surface area contributed by atoms with E-state index < -0.39 is 64.6 Å². The number of rotatable bonds is 8. The molecular formula is C98H83BN6O. The Morgan fingerprint density at radius 2 is 0.736 bits per heavy atom. The summed E-state index contributed by atoms with van der Waals surface area (Å²) in [6.45, 7) is 26.0. The van der Waals surface area contributed by atoms with Gasteiger partial charge in [-0.25, -0.2) is 0 Å². The van der Waals surface area contributed by atoms with E-state index in [1.807, 2.05) is 18.2 Å². The zero-order valence-electron chi connectivity index (χ0n) is 69.7. The standard InChI is InChI=1S/C98H83BN6O/c1-95(2,3)89-55-64(56-90(100-89)96(4,5)6)69-36-27-37-70(65-57-91(97(7,8)9)101-92(58-65)98(10,11)12)94(69)105-85-59-68(104-79-38-23-19-32-71(79)72-33-20-24-39-80(72)104)45-47-77(85)99-78-46-42-62(60-43-48-83-75(50-60)73-34-21-25-40-81(73)102(83)66-28-15-13-16-29-66)53-87(78)106-88-54-63(52-86(105)93(88)99)61-44-49-84-76(51-61)74-35-22-26-41-82(74)103(84)67-30-17-14-18-31-67/h13-59H,1-12H3/i19D,20D,23D,24D,32D,33D,38D,39D. The molecule has 17 aromatic rings. The minimum absolute atomic E-state index is 0.00653. The smallest absolute Gasteiger partial charge is 0.256 e. The number of ether oxygens (including phenoxy) is 1. The second-order valence-electron chi connectivity index (χ2n) is 32.9. The molecule has 106 heavy (non-hydrogen) atoms. The molecule has 0 aliphatic carbocycles. The maximum Gasteiger partial charge on any atom is 0.256 e. The molecule has 0 spiro atoms. The lowest BCUT2D eigenvalue weighted by atomic mass is 9.34. The Balaban J connectivity index is 0.958. The number of para-hydroxylation sites is 7. The van der Waals surface area contributed by atoms with Crippen LogP contribution in [0.15, 0.2) is 285 Å². The predicted molar refractivity (Wildman–Crippen MR) is 447 cm³/mol. The molecule has 2 aliphatic rings. The predicted octanol–water partition coefficient (Wildman–Crippen LogP) is 24.0. The summed E-state index contributed by atoms with van der Waals surface area (Å²) in [5, 5.41) is 4.41. The number of fused-ring (bicyclic) bond motifs is 13. The molecule has 5 aromatic heterocycles. The number of pyridine rings is 2. The van der Waals surface area contributed by atoms with Crippen LogP contribution in [0.1, 0.15) is 117 Å². The van der Waals surface area contributed by atoms with E-state index in [-0.39, 0.29) is 33.9 Å². The minimum Gasteiger partial charge on any atom is -0.458 e. The van der Waals surface area contributed by atoms with Crippen molar-refractivity contribution in [3.63, 3.8) is 0 Å². The lowest BCUT2D eigenvalue weighted by Crippen LogP contribution is -2.59. The zero-order valence-corrected chi connectivity index (χ0v) is 61.7. The van der Waals surface area contributed by atoms with E-state index in [1.54, 1.807) is 4.57 Å². The largest absolute Gasteiger partial charge is 0.458 e. The van der Waals surface area contributed by atoms with Gasteiger partial charge in [-0.15, -0.1) is 0 Å². The molecule has 0 unspecified atom stereocenters. The first-order chi connectivity index (χ1) is 54.4. The van der Waals surface area contributed by atoms with E-state index in [9.17, 15) is 8.22 Å². The summed E-state index contributed by atoms with van der Waals surface area (Å²) in [4.78, 5) is 13.4. The van der Waals surface area contributed by atoms with Gasteiger partial charge in [-0.3, -0.25) is 9.97 Å². The summed E-state index contributed by atoms with van der Waals surface area (Å²) >= 11 is 0. The highest BCUT2D eigenvalue weighted by molar-refractivity contribution is 6.99. The van der Waals surface area contributed by atoms with E-state index in [2.05, 4.69) is 316 Å². The topological polar surface area (TPSA) is 53.0 Å². The van der Waals surface area contributed by atoms with Crippen LogP contribution in [-0.2, 0) is 21.7 Å².